The highest BCUT2D eigenvalue weighted by atomic mass is 31.2. The molecular weight excluding hydrogens is 1380 g/mol. The lowest BCUT2D eigenvalue weighted by molar-refractivity contribution is -0.161. The van der Waals surface area contributed by atoms with Crippen molar-refractivity contribution in [1.29, 1.82) is 0 Å². The second-order valence-electron chi connectivity index (χ2n) is 31.3. The van der Waals surface area contributed by atoms with Crippen LogP contribution in [0.3, 0.4) is 0 Å². The van der Waals surface area contributed by atoms with Gasteiger partial charge in [-0.05, 0) is 25.7 Å². The number of rotatable bonds is 88. The molecule has 0 saturated carbocycles. The summed E-state index contributed by atoms with van der Waals surface area (Å²) in [6, 6.07) is 0. The average molecular weight is 1550 g/mol. The van der Waals surface area contributed by atoms with Crippen LogP contribution in [0.2, 0.25) is 0 Å². The van der Waals surface area contributed by atoms with Gasteiger partial charge in [-0.3, -0.25) is 37.3 Å². The van der Waals surface area contributed by atoms with Crippen LogP contribution in [-0.2, 0) is 65.4 Å². The Morgan fingerprint density at radius 2 is 0.377 bits per heavy atom. The van der Waals surface area contributed by atoms with Gasteiger partial charge in [-0.2, -0.15) is 0 Å². The summed E-state index contributed by atoms with van der Waals surface area (Å²) < 4.78 is 68.9. The summed E-state index contributed by atoms with van der Waals surface area (Å²) in [5.74, 6) is -2.10. The Kier molecular flexibility index (Phi) is 79.6. The second kappa shape index (κ2) is 81.1. The van der Waals surface area contributed by atoms with Crippen molar-refractivity contribution >= 4 is 39.5 Å². The van der Waals surface area contributed by atoms with Crippen LogP contribution >= 0.6 is 15.6 Å². The number of phosphoric ester groups is 2. The fourth-order valence-corrected chi connectivity index (χ4v) is 15.3. The van der Waals surface area contributed by atoms with E-state index in [0.29, 0.717) is 25.7 Å². The number of hydrogen-bond acceptors (Lipinski definition) is 15. The Morgan fingerprint density at radius 1 is 0.226 bits per heavy atom. The van der Waals surface area contributed by atoms with Gasteiger partial charge in [0, 0.05) is 25.7 Å². The Bertz CT molecular complexity index is 2000. The standard InChI is InChI=1S/C87H170O17P2/c1-5-9-13-17-21-25-29-32-35-37-39-41-43-46-48-52-56-60-64-68-72-85(90)98-78-83(104-87(92)74-70-66-62-58-54-50-47-44-42-40-38-36-33-30-26-22-18-14-10-6-2)80-102-106(95,96)100-76-81(88)75-99-105(93,94)101-79-82(77-97-84(89)71-67-63-59-55-51-28-24-20-16-12-8-4)103-86(91)73-69-65-61-57-53-49-45-34-31-27-23-19-15-11-7-3/h81-83,88H,5-80H2,1-4H3,(H,93,94)(H,95,96)/t81-,82+,83+/m0/s1. The molecular formula is C87H170O17P2. The number of carbonyl (C=O) groups is 4. The number of phosphoric acid groups is 2. The SMILES string of the molecule is CCCCCCCCCCCCCCCCCCCCCCC(=O)OC[C@H](COP(=O)(O)OC[C@@H](O)COP(=O)(O)OC[C@@H](COC(=O)CCCCCCCCCCCCC)OC(=O)CCCCCCCCCCCCCCCCC)OC(=O)CCCCCCCCCCCCCCCCCCCCCC. The Labute approximate surface area is 651 Å². The molecule has 0 radical (unpaired) electrons. The maximum atomic E-state index is 13.2. The molecule has 0 spiro atoms. The molecule has 0 saturated heterocycles. The molecule has 0 aromatic carbocycles. The Morgan fingerprint density at radius 3 is 0.557 bits per heavy atom. The predicted octanol–water partition coefficient (Wildman–Crippen LogP) is 26.9. The van der Waals surface area contributed by atoms with Crippen molar-refractivity contribution in [1.82, 2.24) is 0 Å². The lowest BCUT2D eigenvalue weighted by Gasteiger charge is -2.21. The second-order valence-corrected chi connectivity index (χ2v) is 34.2. The fourth-order valence-electron chi connectivity index (χ4n) is 13.7. The van der Waals surface area contributed by atoms with E-state index in [9.17, 15) is 43.2 Å². The van der Waals surface area contributed by atoms with Crippen LogP contribution in [-0.4, -0.2) is 96.7 Å². The summed E-state index contributed by atoms with van der Waals surface area (Å²) in [6.07, 6.45) is 76.4. The molecule has 106 heavy (non-hydrogen) atoms. The van der Waals surface area contributed by atoms with Crippen LogP contribution in [0, 0.1) is 0 Å². The van der Waals surface area contributed by atoms with Crippen LogP contribution in [0.1, 0.15) is 477 Å². The summed E-state index contributed by atoms with van der Waals surface area (Å²) >= 11 is 0. The maximum absolute atomic E-state index is 13.2. The highest BCUT2D eigenvalue weighted by Crippen LogP contribution is 2.45. The van der Waals surface area contributed by atoms with Crippen LogP contribution < -0.4 is 0 Å². The van der Waals surface area contributed by atoms with E-state index in [1.807, 2.05) is 0 Å². The number of carbonyl (C=O) groups excluding carboxylic acids is 4. The number of ether oxygens (including phenoxy) is 4. The minimum atomic E-state index is -4.97. The number of aliphatic hydroxyl groups is 1. The van der Waals surface area contributed by atoms with Gasteiger partial charge >= 0.3 is 39.5 Å². The normalized spacial score (nSPS) is 13.7. The zero-order valence-electron chi connectivity index (χ0n) is 69.4. The van der Waals surface area contributed by atoms with E-state index in [2.05, 4.69) is 27.7 Å². The van der Waals surface area contributed by atoms with Gasteiger partial charge in [0.1, 0.15) is 19.3 Å². The largest absolute Gasteiger partial charge is 0.472 e. The van der Waals surface area contributed by atoms with Gasteiger partial charge < -0.3 is 33.8 Å². The molecule has 0 fully saturated rings. The van der Waals surface area contributed by atoms with E-state index in [-0.39, 0.29) is 25.7 Å². The summed E-state index contributed by atoms with van der Waals surface area (Å²) in [6.45, 7) is 5.06. The average Bonchev–Trinajstić information content (AvgIpc) is 0.905. The maximum Gasteiger partial charge on any atom is 0.472 e. The highest BCUT2D eigenvalue weighted by molar-refractivity contribution is 7.47. The molecule has 0 rings (SSSR count). The van der Waals surface area contributed by atoms with Crippen molar-refractivity contribution in [3.8, 4) is 0 Å². The monoisotopic (exact) mass is 1550 g/mol. The number of unbranched alkanes of at least 4 members (excludes halogenated alkanes) is 62. The molecule has 0 aliphatic heterocycles. The number of esters is 4. The van der Waals surface area contributed by atoms with Crippen molar-refractivity contribution in [3.05, 3.63) is 0 Å². The first-order chi connectivity index (χ1) is 51.7. The molecule has 0 aliphatic rings. The zero-order chi connectivity index (χ0) is 77.4. The van der Waals surface area contributed by atoms with Crippen molar-refractivity contribution < 1.29 is 80.2 Å². The summed E-state index contributed by atoms with van der Waals surface area (Å²) in [4.78, 5) is 73.3. The highest BCUT2D eigenvalue weighted by Gasteiger charge is 2.30. The number of hydrogen-bond donors (Lipinski definition) is 3. The third-order valence-electron chi connectivity index (χ3n) is 20.6. The van der Waals surface area contributed by atoms with Gasteiger partial charge in [-0.15, -0.1) is 0 Å². The predicted molar refractivity (Wildman–Crippen MR) is 437 cm³/mol. The van der Waals surface area contributed by atoms with Gasteiger partial charge in [0.25, 0.3) is 0 Å². The fraction of sp³-hybridized carbons (Fsp3) is 0.954. The van der Waals surface area contributed by atoms with Crippen LogP contribution in [0.15, 0.2) is 0 Å². The summed E-state index contributed by atoms with van der Waals surface area (Å²) in [5.41, 5.74) is 0. The van der Waals surface area contributed by atoms with Crippen LogP contribution in [0.5, 0.6) is 0 Å². The first-order valence-electron chi connectivity index (χ1n) is 45.3. The van der Waals surface area contributed by atoms with Gasteiger partial charge in [0.05, 0.1) is 26.4 Å². The van der Waals surface area contributed by atoms with Crippen LogP contribution in [0.25, 0.3) is 0 Å². The molecule has 0 aromatic heterocycles. The van der Waals surface area contributed by atoms with Gasteiger partial charge in [0.15, 0.2) is 12.2 Å². The lowest BCUT2D eigenvalue weighted by atomic mass is 10.0. The van der Waals surface area contributed by atoms with E-state index < -0.39 is 97.5 Å². The molecule has 630 valence electrons. The van der Waals surface area contributed by atoms with Crippen molar-refractivity contribution in [2.24, 2.45) is 0 Å². The van der Waals surface area contributed by atoms with Gasteiger partial charge in [-0.1, -0.05) is 426 Å². The Balaban J connectivity index is 5.23. The Hall–Kier alpha value is -1.94. The van der Waals surface area contributed by atoms with E-state index in [1.165, 1.54) is 308 Å². The van der Waals surface area contributed by atoms with Crippen molar-refractivity contribution in [2.75, 3.05) is 39.6 Å². The minimum absolute atomic E-state index is 0.109. The van der Waals surface area contributed by atoms with E-state index in [0.717, 1.165) is 89.9 Å². The van der Waals surface area contributed by atoms with Crippen molar-refractivity contribution in [2.45, 2.75) is 495 Å². The number of aliphatic hydroxyl groups excluding tert-OH is 1. The summed E-state index contributed by atoms with van der Waals surface area (Å²) in [5, 5.41) is 10.7. The van der Waals surface area contributed by atoms with Crippen molar-refractivity contribution in [3.63, 3.8) is 0 Å². The molecule has 5 atom stereocenters. The molecule has 0 amide bonds. The van der Waals surface area contributed by atoms with Gasteiger partial charge in [0.2, 0.25) is 0 Å². The molecule has 0 bridgehead atoms. The molecule has 17 nitrogen and oxygen atoms in total. The minimum Gasteiger partial charge on any atom is -0.462 e. The van der Waals surface area contributed by atoms with E-state index >= 15 is 0 Å². The molecule has 2 unspecified atom stereocenters. The van der Waals surface area contributed by atoms with E-state index in [1.54, 1.807) is 0 Å². The quantitative estimate of drug-likeness (QED) is 0.0222. The third-order valence-corrected chi connectivity index (χ3v) is 22.5. The molecule has 0 aromatic rings. The topological polar surface area (TPSA) is 237 Å². The molecule has 3 N–H and O–H groups in total. The molecule has 0 aliphatic carbocycles. The third kappa shape index (κ3) is 80.1. The van der Waals surface area contributed by atoms with Crippen LogP contribution in [0.4, 0.5) is 0 Å². The van der Waals surface area contributed by atoms with Gasteiger partial charge in [-0.25, -0.2) is 9.13 Å². The molecule has 0 heterocycles. The summed E-state index contributed by atoms with van der Waals surface area (Å²) in [7, 11) is -9.93. The smallest absolute Gasteiger partial charge is 0.462 e. The lowest BCUT2D eigenvalue weighted by Crippen LogP contribution is -2.30. The first kappa shape index (κ1) is 104. The zero-order valence-corrected chi connectivity index (χ0v) is 71.2. The molecule has 19 heteroatoms. The first-order valence-corrected chi connectivity index (χ1v) is 48.3. The van der Waals surface area contributed by atoms with E-state index in [4.69, 9.17) is 37.0 Å².